The predicted octanol–water partition coefficient (Wildman–Crippen LogP) is 3.29. The molecule has 1 fully saturated rings. The second-order valence-corrected chi connectivity index (χ2v) is 4.68. The van der Waals surface area contributed by atoms with Crippen LogP contribution in [-0.4, -0.2) is 11.1 Å². The molecule has 1 aliphatic carbocycles. The molecule has 1 aromatic carbocycles. The number of carbonyl (C=O) groups is 1. The molecular formula is C10H8BrClO2. The molecule has 2 rings (SSSR count). The van der Waals surface area contributed by atoms with E-state index in [0.717, 1.165) is 10.0 Å². The molecule has 0 aromatic heterocycles. The average Bonchev–Trinajstić information content (AvgIpc) is 2.83. The van der Waals surface area contributed by atoms with Crippen LogP contribution in [0.25, 0.3) is 0 Å². The van der Waals surface area contributed by atoms with Crippen molar-refractivity contribution in [3.63, 3.8) is 0 Å². The zero-order valence-corrected chi connectivity index (χ0v) is 9.55. The molecule has 0 unspecified atom stereocenters. The van der Waals surface area contributed by atoms with Crippen molar-refractivity contribution in [1.29, 1.82) is 0 Å². The van der Waals surface area contributed by atoms with Crippen molar-refractivity contribution in [2.75, 3.05) is 0 Å². The number of carboxylic acids is 1. The van der Waals surface area contributed by atoms with Gasteiger partial charge in [-0.2, -0.15) is 0 Å². The third-order valence-electron chi connectivity index (χ3n) is 2.48. The van der Waals surface area contributed by atoms with E-state index in [-0.39, 0.29) is 11.8 Å². The minimum absolute atomic E-state index is 0.0792. The molecule has 74 valence electrons. The van der Waals surface area contributed by atoms with E-state index >= 15 is 0 Å². The second kappa shape index (κ2) is 3.55. The molecule has 0 heterocycles. The summed E-state index contributed by atoms with van der Waals surface area (Å²) >= 11 is 9.40. The minimum atomic E-state index is -0.734. The molecular weight excluding hydrogens is 267 g/mol. The molecule has 14 heavy (non-hydrogen) atoms. The monoisotopic (exact) mass is 274 g/mol. The molecule has 1 aliphatic rings. The fraction of sp³-hybridized carbons (Fsp3) is 0.300. The number of aliphatic carboxylic acids is 1. The minimum Gasteiger partial charge on any atom is -0.481 e. The van der Waals surface area contributed by atoms with Crippen LogP contribution < -0.4 is 0 Å². The Balaban J connectivity index is 2.31. The van der Waals surface area contributed by atoms with Crippen molar-refractivity contribution in [1.82, 2.24) is 0 Å². The van der Waals surface area contributed by atoms with E-state index in [2.05, 4.69) is 15.9 Å². The van der Waals surface area contributed by atoms with Crippen LogP contribution >= 0.6 is 27.5 Å². The maximum absolute atomic E-state index is 10.7. The van der Waals surface area contributed by atoms with Crippen LogP contribution in [0.15, 0.2) is 22.7 Å². The van der Waals surface area contributed by atoms with Gasteiger partial charge in [0.05, 0.1) is 5.92 Å². The van der Waals surface area contributed by atoms with Crippen LogP contribution in [0.5, 0.6) is 0 Å². The van der Waals surface area contributed by atoms with Crippen LogP contribution in [0, 0.1) is 5.92 Å². The Bertz CT molecular complexity index is 371. The van der Waals surface area contributed by atoms with Gasteiger partial charge in [-0.25, -0.2) is 0 Å². The van der Waals surface area contributed by atoms with E-state index in [9.17, 15) is 4.79 Å². The lowest BCUT2D eigenvalue weighted by Gasteiger charge is -2.04. The maximum Gasteiger partial charge on any atom is 0.307 e. The van der Waals surface area contributed by atoms with Gasteiger partial charge in [0.1, 0.15) is 0 Å². The zero-order chi connectivity index (χ0) is 10.3. The van der Waals surface area contributed by atoms with Gasteiger partial charge in [0.2, 0.25) is 0 Å². The van der Waals surface area contributed by atoms with Gasteiger partial charge in [-0.05, 0) is 24.1 Å². The number of hydrogen-bond acceptors (Lipinski definition) is 1. The summed E-state index contributed by atoms with van der Waals surface area (Å²) in [6.07, 6.45) is 0.692. The third kappa shape index (κ3) is 1.66. The van der Waals surface area contributed by atoms with Gasteiger partial charge in [-0.3, -0.25) is 4.79 Å². The molecule has 0 amide bonds. The summed E-state index contributed by atoms with van der Waals surface area (Å²) in [5.41, 5.74) is 0.932. The van der Waals surface area contributed by atoms with Crippen molar-refractivity contribution in [2.45, 2.75) is 12.3 Å². The topological polar surface area (TPSA) is 37.3 Å². The van der Waals surface area contributed by atoms with Gasteiger partial charge in [-0.1, -0.05) is 33.6 Å². The van der Waals surface area contributed by atoms with Crippen molar-refractivity contribution in [3.8, 4) is 0 Å². The first-order valence-electron chi connectivity index (χ1n) is 4.28. The summed E-state index contributed by atoms with van der Waals surface area (Å²) in [5, 5.41) is 9.45. The number of halogens is 2. The highest BCUT2D eigenvalue weighted by Crippen LogP contribution is 2.51. The first-order valence-corrected chi connectivity index (χ1v) is 5.45. The highest BCUT2D eigenvalue weighted by Gasteiger charge is 2.45. The van der Waals surface area contributed by atoms with Gasteiger partial charge in [0.15, 0.2) is 0 Å². The summed E-state index contributed by atoms with van der Waals surface area (Å²) in [5.74, 6) is -0.913. The Morgan fingerprint density at radius 1 is 1.57 bits per heavy atom. The summed E-state index contributed by atoms with van der Waals surface area (Å²) in [6, 6.07) is 5.52. The highest BCUT2D eigenvalue weighted by molar-refractivity contribution is 9.10. The Morgan fingerprint density at radius 3 is 2.79 bits per heavy atom. The van der Waals surface area contributed by atoms with E-state index in [1.807, 2.05) is 12.1 Å². The molecule has 1 aromatic rings. The Morgan fingerprint density at radius 2 is 2.29 bits per heavy atom. The van der Waals surface area contributed by atoms with Crippen molar-refractivity contribution in [2.24, 2.45) is 5.92 Å². The highest BCUT2D eigenvalue weighted by atomic mass is 79.9. The number of benzene rings is 1. The first-order chi connectivity index (χ1) is 6.61. The van der Waals surface area contributed by atoms with Gasteiger partial charge in [0.25, 0.3) is 0 Å². The molecule has 0 saturated heterocycles. The van der Waals surface area contributed by atoms with Crippen LogP contribution in [0.1, 0.15) is 17.9 Å². The van der Waals surface area contributed by atoms with Crippen LogP contribution in [0.4, 0.5) is 0 Å². The lowest BCUT2D eigenvalue weighted by molar-refractivity contribution is -0.138. The van der Waals surface area contributed by atoms with E-state index in [1.165, 1.54) is 0 Å². The van der Waals surface area contributed by atoms with Gasteiger partial charge < -0.3 is 5.11 Å². The van der Waals surface area contributed by atoms with E-state index in [4.69, 9.17) is 16.7 Å². The molecule has 0 aliphatic heterocycles. The lowest BCUT2D eigenvalue weighted by Crippen LogP contribution is -1.99. The average molecular weight is 276 g/mol. The molecule has 1 N–H and O–H groups in total. The van der Waals surface area contributed by atoms with Gasteiger partial charge in [-0.15, -0.1) is 0 Å². The molecule has 0 radical (unpaired) electrons. The lowest BCUT2D eigenvalue weighted by atomic mass is 10.1. The summed E-state index contributed by atoms with van der Waals surface area (Å²) in [6.45, 7) is 0. The first kappa shape index (κ1) is 9.99. The number of carboxylic acid groups (broad SMARTS) is 1. The second-order valence-electron chi connectivity index (χ2n) is 3.42. The molecule has 0 spiro atoms. The Kier molecular flexibility index (Phi) is 2.54. The number of rotatable bonds is 2. The van der Waals surface area contributed by atoms with Crippen LogP contribution in [-0.2, 0) is 4.79 Å². The van der Waals surface area contributed by atoms with Crippen LogP contribution in [0.2, 0.25) is 5.02 Å². The van der Waals surface area contributed by atoms with Crippen molar-refractivity contribution in [3.05, 3.63) is 33.3 Å². The Hall–Kier alpha value is -0.540. The largest absolute Gasteiger partial charge is 0.481 e. The van der Waals surface area contributed by atoms with Gasteiger partial charge in [0, 0.05) is 15.4 Å². The van der Waals surface area contributed by atoms with E-state index in [1.54, 1.807) is 6.07 Å². The summed E-state index contributed by atoms with van der Waals surface area (Å²) in [4.78, 5) is 10.7. The fourth-order valence-electron chi connectivity index (χ4n) is 1.65. The van der Waals surface area contributed by atoms with Crippen LogP contribution in [0.3, 0.4) is 0 Å². The zero-order valence-electron chi connectivity index (χ0n) is 7.21. The normalized spacial score (nSPS) is 24.7. The van der Waals surface area contributed by atoms with E-state index < -0.39 is 5.97 Å². The van der Waals surface area contributed by atoms with Crippen molar-refractivity contribution >= 4 is 33.5 Å². The fourth-order valence-corrected chi connectivity index (χ4v) is 2.74. The number of hydrogen-bond donors (Lipinski definition) is 1. The SMILES string of the molecule is O=C(O)[C@@H]1C[C@H]1c1c(Cl)cccc1Br. The quantitative estimate of drug-likeness (QED) is 0.899. The molecule has 2 atom stereocenters. The summed E-state index contributed by atoms with van der Waals surface area (Å²) in [7, 11) is 0. The molecule has 1 saturated carbocycles. The van der Waals surface area contributed by atoms with Crippen molar-refractivity contribution < 1.29 is 9.90 Å². The standard InChI is InChI=1S/C10H8BrClO2/c11-7-2-1-3-8(12)9(7)5-4-6(5)10(13)14/h1-3,5-6H,4H2,(H,13,14)/t5-,6-/m1/s1. The smallest absolute Gasteiger partial charge is 0.307 e. The third-order valence-corrected chi connectivity index (χ3v) is 3.50. The molecule has 0 bridgehead atoms. The molecule has 2 nitrogen and oxygen atoms in total. The Labute approximate surface area is 95.0 Å². The molecule has 4 heteroatoms. The van der Waals surface area contributed by atoms with Gasteiger partial charge >= 0.3 is 5.97 Å². The summed E-state index contributed by atoms with van der Waals surface area (Å²) < 4.78 is 0.902. The van der Waals surface area contributed by atoms with E-state index in [0.29, 0.717) is 11.4 Å². The maximum atomic E-state index is 10.7. The predicted molar refractivity (Wildman–Crippen MR) is 57.6 cm³/mol.